The third-order valence-corrected chi connectivity index (χ3v) is 7.23. The molecule has 0 fully saturated rings. The first-order chi connectivity index (χ1) is 21.5. The molecule has 0 amide bonds. The molecule has 0 heterocycles. The van der Waals surface area contributed by atoms with Crippen molar-refractivity contribution < 1.29 is 9.85 Å². The average Bonchev–Trinajstić information content (AvgIpc) is 3.07. The summed E-state index contributed by atoms with van der Waals surface area (Å²) in [5.74, 6) is 0. The Bertz CT molecular complexity index is 1900. The summed E-state index contributed by atoms with van der Waals surface area (Å²) < 4.78 is 0. The van der Waals surface area contributed by atoms with E-state index >= 15 is 0 Å². The molecule has 44 heavy (non-hydrogen) atoms. The van der Waals surface area contributed by atoms with Crippen LogP contribution in [-0.4, -0.2) is 9.85 Å². The van der Waals surface area contributed by atoms with Gasteiger partial charge in [0.1, 0.15) is 0 Å². The van der Waals surface area contributed by atoms with E-state index in [0.717, 1.165) is 45.3 Å². The van der Waals surface area contributed by atoms with E-state index in [4.69, 9.17) is 0 Å². The predicted molar refractivity (Wildman–Crippen MR) is 175 cm³/mol. The van der Waals surface area contributed by atoms with Crippen molar-refractivity contribution in [2.75, 3.05) is 9.80 Å². The summed E-state index contributed by atoms with van der Waals surface area (Å²) in [5, 5.41) is 23.0. The predicted octanol–water partition coefficient (Wildman–Crippen LogP) is 10.1. The van der Waals surface area contributed by atoms with Crippen molar-refractivity contribution >= 4 is 45.5 Å². The van der Waals surface area contributed by atoms with Crippen LogP contribution in [0.3, 0.4) is 0 Å². The Hall–Kier alpha value is -6.28. The lowest BCUT2D eigenvalue weighted by Crippen LogP contribution is -2.18. The lowest BCUT2D eigenvalue weighted by atomic mass is 9.99. The van der Waals surface area contributed by atoms with Gasteiger partial charge in [-0.15, -0.1) is 0 Å². The average molecular weight is 579 g/mol. The number of non-ortho nitro benzene ring substituents is 2. The second-order valence-electron chi connectivity index (χ2n) is 9.93. The summed E-state index contributed by atoms with van der Waals surface area (Å²) >= 11 is 0. The molecule has 0 bridgehead atoms. The van der Waals surface area contributed by atoms with Gasteiger partial charge in [0.15, 0.2) is 0 Å². The second kappa shape index (κ2) is 12.3. The van der Waals surface area contributed by atoms with E-state index in [9.17, 15) is 20.2 Å². The first-order valence-corrected chi connectivity index (χ1v) is 13.9. The molecule has 0 N–H and O–H groups in total. The topological polar surface area (TPSA) is 92.8 Å². The number of nitro groups is 2. The van der Waals surface area contributed by atoms with Crippen LogP contribution in [0.25, 0.3) is 11.1 Å². The van der Waals surface area contributed by atoms with Gasteiger partial charge in [-0.1, -0.05) is 78.9 Å². The van der Waals surface area contributed by atoms with Crippen LogP contribution in [0.4, 0.5) is 45.5 Å². The maximum absolute atomic E-state index is 11.5. The van der Waals surface area contributed by atoms with Crippen molar-refractivity contribution in [3.63, 3.8) is 0 Å². The number of anilines is 6. The minimum absolute atomic E-state index is 0.00295. The van der Waals surface area contributed by atoms with E-state index in [2.05, 4.69) is 15.9 Å². The molecule has 6 aromatic rings. The number of hydrogen-bond donors (Lipinski definition) is 0. The fraction of sp³-hybridized carbons (Fsp3) is 0. The Labute approximate surface area is 254 Å². The highest BCUT2D eigenvalue weighted by atomic mass is 16.6. The monoisotopic (exact) mass is 578 g/mol. The normalized spacial score (nSPS) is 10.6. The van der Waals surface area contributed by atoms with E-state index in [0.29, 0.717) is 0 Å². The first-order valence-electron chi connectivity index (χ1n) is 13.9. The van der Waals surface area contributed by atoms with E-state index in [1.807, 2.05) is 103 Å². The second-order valence-corrected chi connectivity index (χ2v) is 9.93. The maximum atomic E-state index is 11.5. The van der Waals surface area contributed by atoms with Crippen LogP contribution in [0.2, 0.25) is 0 Å². The fourth-order valence-electron chi connectivity index (χ4n) is 5.23. The van der Waals surface area contributed by atoms with Gasteiger partial charge in [-0.25, -0.2) is 0 Å². The molecule has 8 nitrogen and oxygen atoms in total. The molecule has 0 aliphatic heterocycles. The number of rotatable bonds is 9. The van der Waals surface area contributed by atoms with E-state index in [-0.39, 0.29) is 11.4 Å². The van der Waals surface area contributed by atoms with E-state index in [1.165, 1.54) is 24.3 Å². The highest BCUT2D eigenvalue weighted by Gasteiger charge is 2.26. The molecule has 0 atom stereocenters. The Kier molecular flexibility index (Phi) is 7.79. The molecule has 0 saturated carbocycles. The molecule has 0 spiro atoms. The Balaban J connectivity index is 1.68. The van der Waals surface area contributed by atoms with Gasteiger partial charge in [-0.3, -0.25) is 20.2 Å². The summed E-state index contributed by atoms with van der Waals surface area (Å²) in [4.78, 5) is 26.3. The third kappa shape index (κ3) is 5.60. The molecular weight excluding hydrogens is 552 g/mol. The van der Waals surface area contributed by atoms with Crippen LogP contribution in [-0.2, 0) is 0 Å². The molecule has 0 unspecified atom stereocenters. The molecule has 0 aromatic heterocycles. The van der Waals surface area contributed by atoms with Crippen LogP contribution in [0.5, 0.6) is 0 Å². The molecule has 0 radical (unpaired) electrons. The number of benzene rings is 6. The van der Waals surface area contributed by atoms with E-state index in [1.54, 1.807) is 24.3 Å². The number of nitro benzene ring substituents is 2. The molecule has 214 valence electrons. The third-order valence-electron chi connectivity index (χ3n) is 7.23. The van der Waals surface area contributed by atoms with Crippen LogP contribution >= 0.6 is 0 Å². The minimum Gasteiger partial charge on any atom is -0.308 e. The first kappa shape index (κ1) is 27.9. The van der Waals surface area contributed by atoms with Crippen molar-refractivity contribution in [1.29, 1.82) is 0 Å². The molecule has 6 aromatic carbocycles. The summed E-state index contributed by atoms with van der Waals surface area (Å²) in [6.07, 6.45) is 0. The zero-order chi connectivity index (χ0) is 30.5. The lowest BCUT2D eigenvalue weighted by molar-refractivity contribution is -0.385. The smallest absolute Gasteiger partial charge is 0.269 e. The highest BCUT2D eigenvalue weighted by Crippen LogP contribution is 2.50. The van der Waals surface area contributed by atoms with Gasteiger partial charge >= 0.3 is 0 Å². The summed E-state index contributed by atoms with van der Waals surface area (Å²) in [5.41, 5.74) is 6.67. The number of nitrogens with zero attached hydrogens (tertiary/aromatic N) is 4. The molecule has 0 aliphatic rings. The molecule has 8 heteroatoms. The van der Waals surface area contributed by atoms with Crippen LogP contribution in [0, 0.1) is 20.2 Å². The summed E-state index contributed by atoms with van der Waals surface area (Å²) in [6.45, 7) is 0. The van der Waals surface area contributed by atoms with E-state index < -0.39 is 9.85 Å². The lowest BCUT2D eigenvalue weighted by Gasteiger charge is -2.34. The fourth-order valence-corrected chi connectivity index (χ4v) is 5.23. The molecule has 0 saturated heterocycles. The summed E-state index contributed by atoms with van der Waals surface area (Å²) in [7, 11) is 0. The van der Waals surface area contributed by atoms with Crippen molar-refractivity contribution in [1.82, 2.24) is 0 Å². The Morgan fingerprint density at radius 3 is 1.30 bits per heavy atom. The van der Waals surface area contributed by atoms with Crippen molar-refractivity contribution in [3.05, 3.63) is 178 Å². The minimum atomic E-state index is -0.413. The van der Waals surface area contributed by atoms with Crippen molar-refractivity contribution in [2.45, 2.75) is 0 Å². The van der Waals surface area contributed by atoms with Crippen LogP contribution < -0.4 is 9.80 Å². The Morgan fingerprint density at radius 1 is 0.409 bits per heavy atom. The highest BCUT2D eigenvalue weighted by molar-refractivity contribution is 5.99. The summed E-state index contributed by atoms with van der Waals surface area (Å²) in [6, 6.07) is 48.6. The molecule has 0 aliphatic carbocycles. The van der Waals surface area contributed by atoms with Gasteiger partial charge in [0, 0.05) is 52.6 Å². The zero-order valence-electron chi connectivity index (χ0n) is 23.4. The maximum Gasteiger partial charge on any atom is 0.269 e. The van der Waals surface area contributed by atoms with Gasteiger partial charge in [0.2, 0.25) is 0 Å². The van der Waals surface area contributed by atoms with Crippen LogP contribution in [0.1, 0.15) is 0 Å². The van der Waals surface area contributed by atoms with Gasteiger partial charge in [0.25, 0.3) is 11.4 Å². The molecular formula is C36H26N4O4. The standard InChI is InChI=1S/C36H26N4O4/c41-39(42)32-23-19-30(20-24-32)37(28-13-6-2-7-14-28)35-18-10-17-34(27-11-4-1-5-12-27)36(35)38(29-15-8-3-9-16-29)31-21-25-33(26-22-31)40(43)44/h1-26H. The number of hydrogen-bond acceptors (Lipinski definition) is 6. The largest absolute Gasteiger partial charge is 0.308 e. The quantitative estimate of drug-likeness (QED) is 0.125. The molecule has 6 rings (SSSR count). The number of para-hydroxylation sites is 3. The van der Waals surface area contributed by atoms with Gasteiger partial charge in [-0.05, 0) is 60.2 Å². The van der Waals surface area contributed by atoms with Gasteiger partial charge in [-0.2, -0.15) is 0 Å². The Morgan fingerprint density at radius 2 is 0.818 bits per heavy atom. The van der Waals surface area contributed by atoms with Crippen LogP contribution in [0.15, 0.2) is 158 Å². The van der Waals surface area contributed by atoms with Crippen molar-refractivity contribution in [2.24, 2.45) is 0 Å². The SMILES string of the molecule is O=[N+]([O-])c1ccc(N(c2ccccc2)c2cccc(-c3ccccc3)c2N(c2ccccc2)c2ccc([N+](=O)[O-])cc2)cc1. The van der Waals surface area contributed by atoms with Gasteiger partial charge in [0.05, 0.1) is 21.2 Å². The van der Waals surface area contributed by atoms with Gasteiger partial charge < -0.3 is 9.80 Å². The zero-order valence-corrected chi connectivity index (χ0v) is 23.4. The van der Waals surface area contributed by atoms with Crippen molar-refractivity contribution in [3.8, 4) is 11.1 Å².